The summed E-state index contributed by atoms with van der Waals surface area (Å²) in [4.78, 5) is 12.5. The van der Waals surface area contributed by atoms with Gasteiger partial charge in [-0.1, -0.05) is 22.8 Å². The summed E-state index contributed by atoms with van der Waals surface area (Å²) < 4.78 is 12.0. The van der Waals surface area contributed by atoms with Crippen molar-refractivity contribution in [3.8, 4) is 17.1 Å². The van der Waals surface area contributed by atoms with Crippen LogP contribution < -0.4 is 5.32 Å². The predicted octanol–water partition coefficient (Wildman–Crippen LogP) is 4.33. The number of nitrogens with one attached hydrogen (secondary N) is 1. The molecule has 0 unspecified atom stereocenters. The molecule has 1 aromatic carbocycles. The van der Waals surface area contributed by atoms with Crippen LogP contribution in [-0.2, 0) is 0 Å². The van der Waals surface area contributed by atoms with Crippen molar-refractivity contribution in [1.82, 2.24) is 14.9 Å². The van der Waals surface area contributed by atoms with Gasteiger partial charge in [0.25, 0.3) is 5.91 Å². The summed E-state index contributed by atoms with van der Waals surface area (Å²) in [5.74, 6) is 1.09. The monoisotopic (exact) mass is 368 g/mol. The Labute approximate surface area is 153 Å². The molecule has 26 heavy (non-hydrogen) atoms. The van der Waals surface area contributed by atoms with Gasteiger partial charge in [0.15, 0.2) is 17.3 Å². The van der Waals surface area contributed by atoms with E-state index in [4.69, 9.17) is 20.5 Å². The normalized spacial score (nSPS) is 10.8. The van der Waals surface area contributed by atoms with Gasteiger partial charge in [0.2, 0.25) is 0 Å². The second-order valence-electron chi connectivity index (χ2n) is 5.56. The summed E-state index contributed by atoms with van der Waals surface area (Å²) >= 11 is 6.09. The second-order valence-corrected chi connectivity index (χ2v) is 6.00. The van der Waals surface area contributed by atoms with Gasteiger partial charge in [-0.25, -0.2) is 4.68 Å². The lowest BCUT2D eigenvalue weighted by Gasteiger charge is -2.05. The minimum absolute atomic E-state index is 0.206. The van der Waals surface area contributed by atoms with Crippen LogP contribution in [0, 0.1) is 6.92 Å². The quantitative estimate of drug-likeness (QED) is 0.579. The van der Waals surface area contributed by atoms with E-state index in [-0.39, 0.29) is 5.69 Å². The topological polar surface area (TPSA) is 86.1 Å². The lowest BCUT2D eigenvalue weighted by molar-refractivity contribution is 0.102. The van der Waals surface area contributed by atoms with Crippen molar-refractivity contribution in [2.75, 3.05) is 5.32 Å². The molecule has 0 aliphatic carbocycles. The molecule has 3 aromatic heterocycles. The maximum Gasteiger partial charge on any atom is 0.277 e. The summed E-state index contributed by atoms with van der Waals surface area (Å²) in [7, 11) is 0. The third kappa shape index (κ3) is 3.12. The van der Waals surface area contributed by atoms with Crippen molar-refractivity contribution in [2.24, 2.45) is 0 Å². The molecule has 0 aliphatic rings. The van der Waals surface area contributed by atoms with Crippen LogP contribution in [0.15, 0.2) is 63.7 Å². The highest BCUT2D eigenvalue weighted by molar-refractivity contribution is 6.30. The zero-order valence-electron chi connectivity index (χ0n) is 13.6. The predicted molar refractivity (Wildman–Crippen MR) is 95.5 cm³/mol. The summed E-state index contributed by atoms with van der Waals surface area (Å²) in [6.07, 6.45) is 1.56. The molecule has 0 fully saturated rings. The number of aryl methyl sites for hydroxylation is 1. The first-order valence-electron chi connectivity index (χ1n) is 7.75. The van der Waals surface area contributed by atoms with Gasteiger partial charge in [0.05, 0.1) is 12.0 Å². The van der Waals surface area contributed by atoms with Crippen molar-refractivity contribution in [3.05, 3.63) is 71.3 Å². The SMILES string of the molecule is Cc1cc(NC(=O)c2cc(-c3ccco3)n(-c3cccc(Cl)c3)n2)no1. The first-order chi connectivity index (χ1) is 12.6. The van der Waals surface area contributed by atoms with Gasteiger partial charge in [-0.05, 0) is 37.3 Å². The second kappa shape index (κ2) is 6.53. The number of anilines is 1. The van der Waals surface area contributed by atoms with Crippen LogP contribution in [0.2, 0.25) is 5.02 Å². The van der Waals surface area contributed by atoms with Crippen molar-refractivity contribution < 1.29 is 13.7 Å². The zero-order chi connectivity index (χ0) is 18.1. The van der Waals surface area contributed by atoms with Crippen LogP contribution >= 0.6 is 11.6 Å². The van der Waals surface area contributed by atoms with Crippen LogP contribution in [0.3, 0.4) is 0 Å². The molecule has 130 valence electrons. The van der Waals surface area contributed by atoms with Crippen LogP contribution in [-0.4, -0.2) is 20.8 Å². The Kier molecular flexibility index (Phi) is 4.06. The number of nitrogens with zero attached hydrogens (tertiary/aromatic N) is 3. The minimum Gasteiger partial charge on any atom is -0.463 e. The van der Waals surface area contributed by atoms with Gasteiger partial charge in [-0.15, -0.1) is 0 Å². The summed E-state index contributed by atoms with van der Waals surface area (Å²) in [6, 6.07) is 14.0. The third-order valence-corrected chi connectivity index (χ3v) is 3.87. The smallest absolute Gasteiger partial charge is 0.277 e. The number of furan rings is 1. The average molecular weight is 369 g/mol. The van der Waals surface area contributed by atoms with Crippen molar-refractivity contribution in [2.45, 2.75) is 6.92 Å². The standard InChI is InChI=1S/C18H13ClN4O3/c1-11-8-17(22-26-11)20-18(24)14-10-15(16-6-3-7-25-16)23(21-14)13-5-2-4-12(19)9-13/h2-10H,1H3,(H,20,22,24). The number of halogens is 1. The highest BCUT2D eigenvalue weighted by Crippen LogP contribution is 2.26. The molecular formula is C18H13ClN4O3. The van der Waals surface area contributed by atoms with Crippen LogP contribution in [0.4, 0.5) is 5.82 Å². The fourth-order valence-electron chi connectivity index (χ4n) is 2.50. The lowest BCUT2D eigenvalue weighted by Crippen LogP contribution is -2.13. The molecule has 7 nitrogen and oxygen atoms in total. The fraction of sp³-hybridized carbons (Fsp3) is 0.0556. The molecule has 0 saturated heterocycles. The molecule has 3 heterocycles. The van der Waals surface area contributed by atoms with Crippen LogP contribution in [0.25, 0.3) is 17.1 Å². The van der Waals surface area contributed by atoms with E-state index < -0.39 is 5.91 Å². The molecule has 0 radical (unpaired) electrons. The average Bonchev–Trinajstić information content (AvgIpc) is 3.34. The number of carbonyl (C=O) groups excluding carboxylic acids is 1. The molecule has 0 atom stereocenters. The number of aromatic nitrogens is 3. The largest absolute Gasteiger partial charge is 0.463 e. The number of hydrogen-bond donors (Lipinski definition) is 1. The van der Waals surface area contributed by atoms with Crippen molar-refractivity contribution in [1.29, 1.82) is 0 Å². The van der Waals surface area contributed by atoms with Crippen molar-refractivity contribution in [3.63, 3.8) is 0 Å². The maximum atomic E-state index is 12.5. The van der Waals surface area contributed by atoms with E-state index in [2.05, 4.69) is 15.6 Å². The fourth-order valence-corrected chi connectivity index (χ4v) is 2.69. The zero-order valence-corrected chi connectivity index (χ0v) is 14.4. The molecule has 4 aromatic rings. The third-order valence-electron chi connectivity index (χ3n) is 3.64. The van der Waals surface area contributed by atoms with E-state index >= 15 is 0 Å². The van der Waals surface area contributed by atoms with Gasteiger partial charge >= 0.3 is 0 Å². The van der Waals surface area contributed by atoms with E-state index in [0.717, 1.165) is 0 Å². The van der Waals surface area contributed by atoms with Gasteiger partial charge in [-0.3, -0.25) is 4.79 Å². The molecule has 1 N–H and O–H groups in total. The Hall–Kier alpha value is -3.32. The van der Waals surface area contributed by atoms with E-state index in [1.165, 1.54) is 0 Å². The molecule has 1 amide bonds. The van der Waals surface area contributed by atoms with Gasteiger partial charge in [0, 0.05) is 17.2 Å². The summed E-state index contributed by atoms with van der Waals surface area (Å²) in [6.45, 7) is 1.74. The maximum absolute atomic E-state index is 12.5. The molecule has 0 spiro atoms. The van der Waals surface area contributed by atoms with Crippen LogP contribution in [0.5, 0.6) is 0 Å². The molecule has 8 heteroatoms. The number of benzene rings is 1. The Bertz CT molecular complexity index is 1070. The lowest BCUT2D eigenvalue weighted by atomic mass is 10.2. The number of carbonyl (C=O) groups is 1. The van der Waals surface area contributed by atoms with Gasteiger partial charge in [0.1, 0.15) is 11.5 Å². The summed E-state index contributed by atoms with van der Waals surface area (Å²) in [5.41, 5.74) is 1.54. The molecule has 0 bridgehead atoms. The first-order valence-corrected chi connectivity index (χ1v) is 8.12. The number of hydrogen-bond acceptors (Lipinski definition) is 5. The Morgan fingerprint density at radius 2 is 2.08 bits per heavy atom. The van der Waals surface area contributed by atoms with Gasteiger partial charge < -0.3 is 14.3 Å². The number of amides is 1. The van der Waals surface area contributed by atoms with Crippen LogP contribution in [0.1, 0.15) is 16.2 Å². The molecule has 0 aliphatic heterocycles. The first kappa shape index (κ1) is 16.2. The Balaban J connectivity index is 1.75. The van der Waals surface area contributed by atoms with E-state index in [1.807, 2.05) is 12.1 Å². The van der Waals surface area contributed by atoms with E-state index in [1.54, 1.807) is 54.3 Å². The molecular weight excluding hydrogens is 356 g/mol. The minimum atomic E-state index is -0.410. The Morgan fingerprint density at radius 3 is 2.77 bits per heavy atom. The Morgan fingerprint density at radius 1 is 1.19 bits per heavy atom. The molecule has 4 rings (SSSR count). The van der Waals surface area contributed by atoms with E-state index in [0.29, 0.717) is 33.7 Å². The highest BCUT2D eigenvalue weighted by Gasteiger charge is 2.19. The van der Waals surface area contributed by atoms with Crippen molar-refractivity contribution >= 4 is 23.3 Å². The van der Waals surface area contributed by atoms with E-state index in [9.17, 15) is 4.79 Å². The van der Waals surface area contributed by atoms with Gasteiger partial charge in [-0.2, -0.15) is 5.10 Å². The highest BCUT2D eigenvalue weighted by atomic mass is 35.5. The summed E-state index contributed by atoms with van der Waals surface area (Å²) in [5, 5.41) is 11.4. The number of rotatable bonds is 4. The molecule has 0 saturated carbocycles.